The van der Waals surface area contributed by atoms with E-state index >= 15 is 0 Å². The fourth-order valence-corrected chi connectivity index (χ4v) is 3.03. The molecule has 2 atom stereocenters. The molecule has 1 fully saturated rings. The number of anilines is 1. The van der Waals surface area contributed by atoms with Crippen LogP contribution in [0.5, 0.6) is 0 Å². The highest BCUT2D eigenvalue weighted by molar-refractivity contribution is 6.10. The summed E-state index contributed by atoms with van der Waals surface area (Å²) in [5, 5.41) is 14.2. The monoisotopic (exact) mass is 378 g/mol. The average molecular weight is 378 g/mol. The van der Waals surface area contributed by atoms with E-state index in [-0.39, 0.29) is 11.8 Å². The molecule has 0 radical (unpaired) electrons. The van der Waals surface area contributed by atoms with Crippen molar-refractivity contribution >= 4 is 22.6 Å². The van der Waals surface area contributed by atoms with Gasteiger partial charge >= 0.3 is 0 Å². The molecule has 2 N–H and O–H groups in total. The number of pyridine rings is 1. The molecule has 4 aromatic rings. The van der Waals surface area contributed by atoms with Crippen molar-refractivity contribution in [2.45, 2.75) is 25.4 Å². The van der Waals surface area contributed by atoms with Gasteiger partial charge in [-0.25, -0.2) is 9.37 Å². The van der Waals surface area contributed by atoms with Crippen LogP contribution < -0.4 is 5.32 Å². The van der Waals surface area contributed by atoms with E-state index in [1.54, 1.807) is 24.4 Å². The minimum absolute atomic E-state index is 0.298. The molecule has 0 saturated heterocycles. The van der Waals surface area contributed by atoms with Crippen LogP contribution in [0.1, 0.15) is 34.3 Å². The van der Waals surface area contributed by atoms with Gasteiger partial charge in [0.25, 0.3) is 5.91 Å². The SMILES string of the molecule is Cc1ccc(-c2noc([C@H]3C[C@@H]3F)n2)cc1NC(=O)c1[nH]nc2ncccc12. The predicted octanol–water partition coefficient (Wildman–Crippen LogP) is 3.39. The summed E-state index contributed by atoms with van der Waals surface area (Å²) in [6, 6.07) is 8.97. The first-order chi connectivity index (χ1) is 13.6. The summed E-state index contributed by atoms with van der Waals surface area (Å²) in [5.74, 6) is 0.0434. The first kappa shape index (κ1) is 16.5. The molecule has 3 aromatic heterocycles. The lowest BCUT2D eigenvalue weighted by Crippen LogP contribution is -2.13. The maximum Gasteiger partial charge on any atom is 0.274 e. The molecule has 0 aliphatic heterocycles. The van der Waals surface area contributed by atoms with Gasteiger partial charge in [0.2, 0.25) is 11.7 Å². The van der Waals surface area contributed by atoms with E-state index in [9.17, 15) is 9.18 Å². The molecule has 0 unspecified atom stereocenters. The molecular formula is C19H15FN6O2. The van der Waals surface area contributed by atoms with E-state index in [1.165, 1.54) is 0 Å². The fraction of sp³-hybridized carbons (Fsp3) is 0.211. The third-order valence-electron chi connectivity index (χ3n) is 4.77. The van der Waals surface area contributed by atoms with Crippen LogP contribution in [0.2, 0.25) is 0 Å². The number of aryl methyl sites for hydroxylation is 1. The number of rotatable bonds is 4. The van der Waals surface area contributed by atoms with Crippen molar-refractivity contribution in [1.82, 2.24) is 25.3 Å². The van der Waals surface area contributed by atoms with Gasteiger partial charge in [-0.15, -0.1) is 0 Å². The van der Waals surface area contributed by atoms with Crippen LogP contribution >= 0.6 is 0 Å². The molecule has 1 aliphatic carbocycles. The van der Waals surface area contributed by atoms with Gasteiger partial charge in [0.15, 0.2) is 5.65 Å². The van der Waals surface area contributed by atoms with Gasteiger partial charge in [-0.05, 0) is 37.1 Å². The van der Waals surface area contributed by atoms with Crippen molar-refractivity contribution in [3.05, 3.63) is 53.7 Å². The summed E-state index contributed by atoms with van der Waals surface area (Å²) >= 11 is 0. The number of alkyl halides is 1. The van der Waals surface area contributed by atoms with Crippen molar-refractivity contribution in [3.63, 3.8) is 0 Å². The lowest BCUT2D eigenvalue weighted by molar-refractivity contribution is 0.102. The van der Waals surface area contributed by atoms with Crippen LogP contribution in [0.3, 0.4) is 0 Å². The normalized spacial score (nSPS) is 18.4. The van der Waals surface area contributed by atoms with Crippen LogP contribution in [0.4, 0.5) is 10.1 Å². The first-order valence-corrected chi connectivity index (χ1v) is 8.79. The van der Waals surface area contributed by atoms with E-state index in [2.05, 4.69) is 30.6 Å². The van der Waals surface area contributed by atoms with Crippen LogP contribution in [0.15, 0.2) is 41.1 Å². The lowest BCUT2D eigenvalue weighted by atomic mass is 10.1. The highest BCUT2D eigenvalue weighted by Gasteiger charge is 2.43. The Bertz CT molecular complexity index is 1200. The van der Waals surface area contributed by atoms with E-state index < -0.39 is 6.17 Å². The van der Waals surface area contributed by atoms with Crippen LogP contribution in [0.25, 0.3) is 22.4 Å². The highest BCUT2D eigenvalue weighted by atomic mass is 19.1. The second kappa shape index (κ2) is 6.22. The number of aromatic amines is 1. The number of carbonyl (C=O) groups excluding carboxylic acids is 1. The smallest absolute Gasteiger partial charge is 0.274 e. The summed E-state index contributed by atoms with van der Waals surface area (Å²) in [7, 11) is 0. The minimum atomic E-state index is -0.903. The Morgan fingerprint density at radius 1 is 1.36 bits per heavy atom. The summed E-state index contributed by atoms with van der Waals surface area (Å²) in [6.07, 6.45) is 1.13. The Kier molecular flexibility index (Phi) is 3.68. The summed E-state index contributed by atoms with van der Waals surface area (Å²) in [5.41, 5.74) is 2.95. The van der Waals surface area contributed by atoms with Crippen molar-refractivity contribution in [2.24, 2.45) is 0 Å². The Morgan fingerprint density at radius 2 is 2.21 bits per heavy atom. The fourth-order valence-electron chi connectivity index (χ4n) is 3.03. The third kappa shape index (κ3) is 2.81. The van der Waals surface area contributed by atoms with E-state index in [0.29, 0.717) is 46.1 Å². The first-order valence-electron chi connectivity index (χ1n) is 8.79. The predicted molar refractivity (Wildman–Crippen MR) is 98.6 cm³/mol. The molecule has 1 amide bonds. The Balaban J connectivity index is 1.43. The lowest BCUT2D eigenvalue weighted by Gasteiger charge is -2.09. The number of H-pyrrole nitrogens is 1. The van der Waals surface area contributed by atoms with Gasteiger partial charge in [-0.3, -0.25) is 9.89 Å². The molecular weight excluding hydrogens is 363 g/mol. The maximum atomic E-state index is 13.2. The van der Waals surface area contributed by atoms with Crippen LogP contribution in [-0.4, -0.2) is 37.4 Å². The largest absolute Gasteiger partial charge is 0.339 e. The molecule has 28 heavy (non-hydrogen) atoms. The molecule has 3 heterocycles. The number of amides is 1. The van der Waals surface area contributed by atoms with E-state index in [1.807, 2.05) is 19.1 Å². The standard InChI is InChI=1S/C19H15FN6O2/c1-9-4-5-10(16-23-19(28-26-16)12-8-13(12)20)7-14(9)22-18(27)15-11-3-2-6-21-17(11)25-24-15/h2-7,12-13H,8H2,1H3,(H,22,27)(H,21,24,25)/t12-,13-/m0/s1. The number of fused-ring (bicyclic) bond motifs is 1. The summed E-state index contributed by atoms with van der Waals surface area (Å²) in [4.78, 5) is 21.1. The number of halogens is 1. The molecule has 5 rings (SSSR count). The van der Waals surface area contributed by atoms with Crippen molar-refractivity contribution < 1.29 is 13.7 Å². The summed E-state index contributed by atoms with van der Waals surface area (Å²) in [6.45, 7) is 1.88. The zero-order valence-electron chi connectivity index (χ0n) is 14.8. The van der Waals surface area contributed by atoms with Crippen LogP contribution in [-0.2, 0) is 0 Å². The van der Waals surface area contributed by atoms with Crippen molar-refractivity contribution in [2.75, 3.05) is 5.32 Å². The van der Waals surface area contributed by atoms with Gasteiger partial charge in [0.05, 0.1) is 11.3 Å². The molecule has 0 bridgehead atoms. The molecule has 1 saturated carbocycles. The van der Waals surface area contributed by atoms with Gasteiger partial charge in [-0.1, -0.05) is 17.3 Å². The minimum Gasteiger partial charge on any atom is -0.339 e. The van der Waals surface area contributed by atoms with Crippen LogP contribution in [0, 0.1) is 6.92 Å². The zero-order chi connectivity index (χ0) is 19.3. The highest BCUT2D eigenvalue weighted by Crippen LogP contribution is 2.43. The molecule has 8 nitrogen and oxygen atoms in total. The van der Waals surface area contributed by atoms with Gasteiger partial charge in [-0.2, -0.15) is 10.1 Å². The molecule has 1 aliphatic rings. The van der Waals surface area contributed by atoms with Crippen molar-refractivity contribution in [1.29, 1.82) is 0 Å². The molecule has 9 heteroatoms. The number of nitrogens with zero attached hydrogens (tertiary/aromatic N) is 4. The number of hydrogen-bond donors (Lipinski definition) is 2. The Labute approximate surface area is 158 Å². The third-order valence-corrected chi connectivity index (χ3v) is 4.77. The quantitative estimate of drug-likeness (QED) is 0.563. The molecule has 1 aromatic carbocycles. The summed E-state index contributed by atoms with van der Waals surface area (Å²) < 4.78 is 18.4. The average Bonchev–Trinajstić information content (AvgIpc) is 3.12. The Hall–Kier alpha value is -3.62. The maximum absolute atomic E-state index is 13.2. The Morgan fingerprint density at radius 3 is 3.04 bits per heavy atom. The van der Waals surface area contributed by atoms with E-state index in [4.69, 9.17) is 4.52 Å². The molecule has 0 spiro atoms. The number of hydrogen-bond acceptors (Lipinski definition) is 6. The van der Waals surface area contributed by atoms with Gasteiger partial charge in [0.1, 0.15) is 11.9 Å². The topological polar surface area (TPSA) is 110 Å². The molecule has 140 valence electrons. The van der Waals surface area contributed by atoms with Crippen molar-refractivity contribution in [3.8, 4) is 11.4 Å². The van der Waals surface area contributed by atoms with E-state index in [0.717, 1.165) is 5.56 Å². The second-order valence-corrected chi connectivity index (χ2v) is 6.77. The number of nitrogens with one attached hydrogen (secondary N) is 2. The van der Waals surface area contributed by atoms with Gasteiger partial charge in [0, 0.05) is 17.4 Å². The number of carbonyl (C=O) groups is 1. The van der Waals surface area contributed by atoms with Gasteiger partial charge < -0.3 is 9.84 Å². The number of aromatic nitrogens is 5. The number of benzene rings is 1. The zero-order valence-corrected chi connectivity index (χ0v) is 14.8. The second-order valence-electron chi connectivity index (χ2n) is 6.77.